The lowest BCUT2D eigenvalue weighted by molar-refractivity contribution is -0.0389. The maximum atomic E-state index is 12.6. The summed E-state index contributed by atoms with van der Waals surface area (Å²) in [5.41, 5.74) is 3.18. The van der Waals surface area contributed by atoms with E-state index in [1.54, 1.807) is 48.5 Å². The van der Waals surface area contributed by atoms with Crippen molar-refractivity contribution in [2.45, 2.75) is 25.0 Å². The highest BCUT2D eigenvalue weighted by Gasteiger charge is 2.34. The zero-order valence-electron chi connectivity index (χ0n) is 15.3. The van der Waals surface area contributed by atoms with Crippen LogP contribution in [0, 0.1) is 0 Å². The molecule has 4 nitrogen and oxygen atoms in total. The molecule has 3 aromatic rings. The van der Waals surface area contributed by atoms with E-state index in [-0.39, 0.29) is 0 Å². The van der Waals surface area contributed by atoms with E-state index in [1.807, 2.05) is 36.4 Å². The molecule has 2 atom stereocenters. The normalized spacial score (nSPS) is 18.0. The van der Waals surface area contributed by atoms with Crippen LogP contribution in [0.4, 0.5) is 0 Å². The average Bonchev–Trinajstić information content (AvgIpc) is 2.75. The first kappa shape index (κ1) is 18.0. The molecule has 0 aliphatic heterocycles. The number of esters is 2. The lowest BCUT2D eigenvalue weighted by atomic mass is 9.87. The molecule has 4 heteroatoms. The summed E-state index contributed by atoms with van der Waals surface area (Å²) in [6.45, 7) is 0. The molecule has 0 unspecified atom stereocenters. The molecule has 0 radical (unpaired) electrons. The molecule has 28 heavy (non-hydrogen) atoms. The quantitative estimate of drug-likeness (QED) is 0.643. The van der Waals surface area contributed by atoms with E-state index >= 15 is 0 Å². The summed E-state index contributed by atoms with van der Waals surface area (Å²) in [4.78, 5) is 25.1. The Kier molecular flexibility index (Phi) is 5.20. The molecule has 0 heterocycles. The lowest BCUT2D eigenvalue weighted by Crippen LogP contribution is -2.41. The minimum atomic E-state index is -0.532. The zero-order chi connectivity index (χ0) is 19.3. The van der Waals surface area contributed by atoms with Crippen molar-refractivity contribution >= 4 is 11.9 Å². The lowest BCUT2D eigenvalue weighted by Gasteiger charge is -2.32. The molecule has 0 saturated heterocycles. The third-order valence-electron chi connectivity index (χ3n) is 4.91. The molecular weight excluding hydrogens is 352 g/mol. The van der Waals surface area contributed by atoms with Gasteiger partial charge in [-0.2, -0.15) is 0 Å². The van der Waals surface area contributed by atoms with E-state index in [4.69, 9.17) is 9.47 Å². The number of benzene rings is 3. The molecular formula is C24H20O4. The van der Waals surface area contributed by atoms with Gasteiger partial charge in [0.15, 0.2) is 0 Å². The minimum Gasteiger partial charge on any atom is -0.454 e. The number of ether oxygens (including phenoxy) is 2. The fourth-order valence-corrected chi connectivity index (χ4v) is 3.45. The largest absolute Gasteiger partial charge is 0.454 e. The maximum Gasteiger partial charge on any atom is 0.338 e. The van der Waals surface area contributed by atoms with Gasteiger partial charge >= 0.3 is 11.9 Å². The Morgan fingerprint density at radius 1 is 0.571 bits per heavy atom. The molecule has 4 rings (SSSR count). The monoisotopic (exact) mass is 372 g/mol. The SMILES string of the molecule is O=C(O[C@H]1Cc2ccccc2C[C@H]1OC(=O)c1ccccc1)c1ccccc1. The van der Waals surface area contributed by atoms with Crippen molar-refractivity contribution in [3.63, 3.8) is 0 Å². The summed E-state index contributed by atoms with van der Waals surface area (Å²) in [6, 6.07) is 25.7. The fourth-order valence-electron chi connectivity index (χ4n) is 3.45. The van der Waals surface area contributed by atoms with Crippen LogP contribution in [0.25, 0.3) is 0 Å². The summed E-state index contributed by atoms with van der Waals surface area (Å²) in [6.07, 6.45) is -0.0336. The first-order chi connectivity index (χ1) is 13.7. The van der Waals surface area contributed by atoms with Crippen LogP contribution in [0.1, 0.15) is 31.8 Å². The average molecular weight is 372 g/mol. The van der Waals surface area contributed by atoms with Gasteiger partial charge in [-0.15, -0.1) is 0 Å². The van der Waals surface area contributed by atoms with Gasteiger partial charge < -0.3 is 9.47 Å². The highest BCUT2D eigenvalue weighted by atomic mass is 16.6. The van der Waals surface area contributed by atoms with Crippen LogP contribution in [-0.2, 0) is 22.3 Å². The Bertz CT molecular complexity index is 886. The summed E-state index contributed by atoms with van der Waals surface area (Å²) in [7, 11) is 0. The number of hydrogen-bond donors (Lipinski definition) is 0. The maximum absolute atomic E-state index is 12.6. The second-order valence-corrected chi connectivity index (χ2v) is 6.80. The predicted molar refractivity (Wildman–Crippen MR) is 105 cm³/mol. The van der Waals surface area contributed by atoms with Crippen molar-refractivity contribution < 1.29 is 19.1 Å². The van der Waals surface area contributed by atoms with Crippen LogP contribution < -0.4 is 0 Å². The Labute approximate surface area is 163 Å². The Balaban J connectivity index is 1.56. The Morgan fingerprint density at radius 2 is 0.929 bits per heavy atom. The third kappa shape index (κ3) is 3.96. The Hall–Kier alpha value is -3.40. The van der Waals surface area contributed by atoms with Crippen molar-refractivity contribution in [2.75, 3.05) is 0 Å². The van der Waals surface area contributed by atoms with Crippen LogP contribution >= 0.6 is 0 Å². The highest BCUT2D eigenvalue weighted by Crippen LogP contribution is 2.27. The molecule has 1 aliphatic carbocycles. The van der Waals surface area contributed by atoms with Gasteiger partial charge in [0.1, 0.15) is 12.2 Å². The van der Waals surface area contributed by atoms with Gasteiger partial charge in [0, 0.05) is 12.8 Å². The third-order valence-corrected chi connectivity index (χ3v) is 4.91. The molecule has 0 N–H and O–H groups in total. The number of fused-ring (bicyclic) bond motifs is 1. The van der Waals surface area contributed by atoms with E-state index in [1.165, 1.54) is 0 Å². The topological polar surface area (TPSA) is 52.6 Å². The minimum absolute atomic E-state index is 0.411. The van der Waals surface area contributed by atoms with Crippen LogP contribution in [0.2, 0.25) is 0 Å². The van der Waals surface area contributed by atoms with Gasteiger partial charge in [-0.3, -0.25) is 0 Å². The standard InChI is InChI=1S/C24H20O4/c25-23(17-9-3-1-4-10-17)27-21-15-19-13-7-8-14-20(19)16-22(21)28-24(26)18-11-5-2-6-12-18/h1-14,21-22H,15-16H2/t21-,22+. The van der Waals surface area contributed by atoms with Gasteiger partial charge in [0.2, 0.25) is 0 Å². The van der Waals surface area contributed by atoms with Crippen molar-refractivity contribution in [1.29, 1.82) is 0 Å². The van der Waals surface area contributed by atoms with Crippen molar-refractivity contribution in [1.82, 2.24) is 0 Å². The summed E-state index contributed by atoms with van der Waals surface area (Å²) in [5, 5.41) is 0. The molecule has 0 amide bonds. The summed E-state index contributed by atoms with van der Waals surface area (Å²) < 4.78 is 11.5. The fraction of sp³-hybridized carbons (Fsp3) is 0.167. The molecule has 1 aliphatic rings. The van der Waals surface area contributed by atoms with Gasteiger partial charge in [-0.25, -0.2) is 9.59 Å². The number of carbonyl (C=O) groups is 2. The molecule has 3 aromatic carbocycles. The first-order valence-corrected chi connectivity index (χ1v) is 9.29. The van der Waals surface area contributed by atoms with E-state index in [0.717, 1.165) is 11.1 Å². The summed E-state index contributed by atoms with van der Waals surface area (Å²) >= 11 is 0. The second kappa shape index (κ2) is 8.09. The smallest absolute Gasteiger partial charge is 0.338 e. The Morgan fingerprint density at radius 3 is 1.32 bits per heavy atom. The van der Waals surface area contributed by atoms with Crippen LogP contribution in [0.3, 0.4) is 0 Å². The second-order valence-electron chi connectivity index (χ2n) is 6.80. The molecule has 0 aromatic heterocycles. The van der Waals surface area contributed by atoms with Crippen molar-refractivity contribution in [3.8, 4) is 0 Å². The molecule has 0 spiro atoms. The van der Waals surface area contributed by atoms with Gasteiger partial charge in [0.25, 0.3) is 0 Å². The summed E-state index contributed by atoms with van der Waals surface area (Å²) in [5.74, 6) is -0.823. The van der Waals surface area contributed by atoms with E-state index < -0.39 is 24.1 Å². The number of carbonyl (C=O) groups excluding carboxylic acids is 2. The van der Waals surface area contributed by atoms with Gasteiger partial charge in [0.05, 0.1) is 11.1 Å². The van der Waals surface area contributed by atoms with E-state index in [9.17, 15) is 9.59 Å². The molecule has 0 fully saturated rings. The number of hydrogen-bond acceptors (Lipinski definition) is 4. The van der Waals surface area contributed by atoms with Crippen molar-refractivity contribution in [2.24, 2.45) is 0 Å². The van der Waals surface area contributed by atoms with Crippen LogP contribution in [-0.4, -0.2) is 24.1 Å². The van der Waals surface area contributed by atoms with E-state index in [2.05, 4.69) is 0 Å². The van der Waals surface area contributed by atoms with E-state index in [0.29, 0.717) is 24.0 Å². The highest BCUT2D eigenvalue weighted by molar-refractivity contribution is 5.90. The van der Waals surface area contributed by atoms with Gasteiger partial charge in [-0.1, -0.05) is 60.7 Å². The predicted octanol–water partition coefficient (Wildman–Crippen LogP) is 4.24. The first-order valence-electron chi connectivity index (χ1n) is 9.29. The molecule has 0 bridgehead atoms. The van der Waals surface area contributed by atoms with Gasteiger partial charge in [-0.05, 0) is 35.4 Å². The number of rotatable bonds is 4. The molecule has 0 saturated carbocycles. The van der Waals surface area contributed by atoms with Crippen LogP contribution in [0.15, 0.2) is 84.9 Å². The molecule has 140 valence electrons. The zero-order valence-corrected chi connectivity index (χ0v) is 15.3. The van der Waals surface area contributed by atoms with Crippen molar-refractivity contribution in [3.05, 3.63) is 107 Å². The van der Waals surface area contributed by atoms with Crippen LogP contribution in [0.5, 0.6) is 0 Å².